The Kier molecular flexibility index (Phi) is 6.18. The Morgan fingerprint density at radius 1 is 1.17 bits per heavy atom. The highest BCUT2D eigenvalue weighted by atomic mass is 32.2. The molecule has 0 aromatic heterocycles. The molecule has 1 saturated heterocycles. The van der Waals surface area contributed by atoms with Gasteiger partial charge in [-0.05, 0) is 48.5 Å². The van der Waals surface area contributed by atoms with E-state index < -0.39 is 11.2 Å². The lowest BCUT2D eigenvalue weighted by molar-refractivity contribution is -0.127. The van der Waals surface area contributed by atoms with Crippen LogP contribution >= 0.6 is 11.8 Å². The van der Waals surface area contributed by atoms with Crippen molar-refractivity contribution < 1.29 is 24.2 Å². The maximum atomic E-state index is 12.5. The van der Waals surface area contributed by atoms with Gasteiger partial charge in [0.25, 0.3) is 0 Å². The molecule has 1 heterocycles. The van der Waals surface area contributed by atoms with Gasteiger partial charge in [0.2, 0.25) is 11.8 Å². The van der Waals surface area contributed by atoms with Crippen molar-refractivity contribution >= 4 is 46.1 Å². The molecule has 1 unspecified atom stereocenters. The summed E-state index contributed by atoms with van der Waals surface area (Å²) in [7, 11) is 3.20. The zero-order valence-electron chi connectivity index (χ0n) is 15.8. The first-order valence-corrected chi connectivity index (χ1v) is 9.55. The van der Waals surface area contributed by atoms with Gasteiger partial charge in [-0.25, -0.2) is 9.79 Å². The van der Waals surface area contributed by atoms with Gasteiger partial charge in [0.05, 0.1) is 18.4 Å². The van der Waals surface area contributed by atoms with E-state index in [0.29, 0.717) is 22.3 Å². The number of thioether (sulfide) groups is 1. The number of hydrogen-bond acceptors (Lipinski definition) is 6. The van der Waals surface area contributed by atoms with Crippen molar-refractivity contribution in [2.45, 2.75) is 11.7 Å². The van der Waals surface area contributed by atoms with Crippen LogP contribution in [0.2, 0.25) is 0 Å². The first-order valence-electron chi connectivity index (χ1n) is 8.67. The fourth-order valence-electron chi connectivity index (χ4n) is 2.64. The van der Waals surface area contributed by atoms with Gasteiger partial charge in [0.15, 0.2) is 5.17 Å². The van der Waals surface area contributed by atoms with Gasteiger partial charge < -0.3 is 15.2 Å². The molecular formula is C20H19N3O5S. The number of carbonyl (C=O) groups excluding carboxylic acids is 2. The molecule has 0 aliphatic carbocycles. The number of methoxy groups -OCH3 is 1. The van der Waals surface area contributed by atoms with E-state index >= 15 is 0 Å². The Bertz CT molecular complexity index is 957. The van der Waals surface area contributed by atoms with E-state index in [1.54, 1.807) is 38.4 Å². The predicted molar refractivity (Wildman–Crippen MR) is 111 cm³/mol. The summed E-state index contributed by atoms with van der Waals surface area (Å²) in [6.45, 7) is 0. The first-order chi connectivity index (χ1) is 13.9. The van der Waals surface area contributed by atoms with Gasteiger partial charge in [-0.1, -0.05) is 11.8 Å². The summed E-state index contributed by atoms with van der Waals surface area (Å²) in [5, 5.41) is 11.5. The molecule has 0 spiro atoms. The highest BCUT2D eigenvalue weighted by Crippen LogP contribution is 2.31. The Morgan fingerprint density at radius 2 is 1.83 bits per heavy atom. The van der Waals surface area contributed by atoms with Gasteiger partial charge in [-0.2, -0.15) is 0 Å². The van der Waals surface area contributed by atoms with Crippen molar-refractivity contribution in [3.05, 3.63) is 54.1 Å². The average Bonchev–Trinajstić information content (AvgIpc) is 2.96. The first kappa shape index (κ1) is 20.4. The Hall–Kier alpha value is -3.33. The SMILES string of the molecule is COc1ccc(N=C2SC(CC(=O)Nc3ccc(C(=O)O)cc3)C(=O)N2C)cc1. The molecule has 3 rings (SSSR count). The van der Waals surface area contributed by atoms with E-state index in [9.17, 15) is 14.4 Å². The maximum absolute atomic E-state index is 12.5. The second-order valence-corrected chi connectivity index (χ2v) is 7.40. The molecule has 0 saturated carbocycles. The van der Waals surface area contributed by atoms with Crippen LogP contribution in [0.15, 0.2) is 53.5 Å². The third kappa shape index (κ3) is 4.94. The maximum Gasteiger partial charge on any atom is 0.335 e. The number of anilines is 1. The van der Waals surface area contributed by atoms with Crippen LogP contribution in [-0.2, 0) is 9.59 Å². The number of ether oxygens (including phenoxy) is 1. The van der Waals surface area contributed by atoms with E-state index in [4.69, 9.17) is 9.84 Å². The smallest absolute Gasteiger partial charge is 0.335 e. The molecule has 2 amide bonds. The number of nitrogens with one attached hydrogen (secondary N) is 1. The van der Waals surface area contributed by atoms with Crippen LogP contribution in [0.25, 0.3) is 0 Å². The molecule has 29 heavy (non-hydrogen) atoms. The molecule has 1 fully saturated rings. The van der Waals surface area contributed by atoms with Crippen LogP contribution in [0, 0.1) is 0 Å². The van der Waals surface area contributed by atoms with Crippen LogP contribution in [0.1, 0.15) is 16.8 Å². The van der Waals surface area contributed by atoms with Gasteiger partial charge in [-0.15, -0.1) is 0 Å². The van der Waals surface area contributed by atoms with Gasteiger partial charge in [-0.3, -0.25) is 14.5 Å². The molecule has 2 aromatic rings. The highest BCUT2D eigenvalue weighted by Gasteiger charge is 2.37. The molecule has 150 valence electrons. The van der Waals surface area contributed by atoms with Crippen molar-refractivity contribution in [3.63, 3.8) is 0 Å². The van der Waals surface area contributed by atoms with Crippen LogP contribution in [0.5, 0.6) is 5.75 Å². The van der Waals surface area contributed by atoms with Crippen LogP contribution in [-0.4, -0.2) is 52.4 Å². The summed E-state index contributed by atoms with van der Waals surface area (Å²) in [5.74, 6) is -0.859. The lowest BCUT2D eigenvalue weighted by Gasteiger charge is -2.09. The number of nitrogens with zero attached hydrogens (tertiary/aromatic N) is 2. The standard InChI is InChI=1S/C20H19N3O5S/c1-23-18(25)16(29-20(23)22-14-7-9-15(28-2)10-8-14)11-17(24)21-13-5-3-12(4-6-13)19(26)27/h3-10,16H,11H2,1-2H3,(H,21,24)(H,26,27). The number of carbonyl (C=O) groups is 3. The normalized spacial score (nSPS) is 17.4. The van der Waals surface area contributed by atoms with Gasteiger partial charge in [0.1, 0.15) is 11.0 Å². The molecule has 9 heteroatoms. The minimum atomic E-state index is -1.04. The number of rotatable bonds is 6. The van der Waals surface area contributed by atoms with E-state index in [1.807, 2.05) is 0 Å². The second kappa shape index (κ2) is 8.78. The van der Waals surface area contributed by atoms with E-state index in [-0.39, 0.29) is 23.8 Å². The number of amidine groups is 1. The number of carboxylic acid groups (broad SMARTS) is 1. The monoisotopic (exact) mass is 413 g/mol. The van der Waals surface area contributed by atoms with Crippen molar-refractivity contribution in [1.29, 1.82) is 0 Å². The fraction of sp³-hybridized carbons (Fsp3) is 0.200. The van der Waals surface area contributed by atoms with Crippen LogP contribution in [0.4, 0.5) is 11.4 Å². The summed E-state index contributed by atoms with van der Waals surface area (Å²) in [6.07, 6.45) is -0.0177. The van der Waals surface area contributed by atoms with Crippen LogP contribution in [0.3, 0.4) is 0 Å². The molecule has 0 bridgehead atoms. The number of aromatic carboxylic acids is 1. The average molecular weight is 413 g/mol. The molecule has 8 nitrogen and oxygen atoms in total. The summed E-state index contributed by atoms with van der Waals surface area (Å²) in [6, 6.07) is 12.9. The number of benzene rings is 2. The third-order valence-corrected chi connectivity index (χ3v) is 5.45. The Balaban J connectivity index is 1.63. The zero-order valence-corrected chi connectivity index (χ0v) is 16.6. The minimum Gasteiger partial charge on any atom is -0.497 e. The number of hydrogen-bond donors (Lipinski definition) is 2. The van der Waals surface area contributed by atoms with Gasteiger partial charge in [0, 0.05) is 19.2 Å². The quantitative estimate of drug-likeness (QED) is 0.754. The summed E-state index contributed by atoms with van der Waals surface area (Å²) < 4.78 is 5.11. The van der Waals surface area contributed by atoms with E-state index in [0.717, 1.165) is 0 Å². The molecule has 1 aliphatic rings. The van der Waals surface area contributed by atoms with E-state index in [1.165, 1.54) is 40.9 Å². The Morgan fingerprint density at radius 3 is 2.41 bits per heavy atom. The lowest BCUT2D eigenvalue weighted by Crippen LogP contribution is -2.30. The predicted octanol–water partition coefficient (Wildman–Crippen LogP) is 2.98. The van der Waals surface area contributed by atoms with Crippen LogP contribution < -0.4 is 10.1 Å². The topological polar surface area (TPSA) is 108 Å². The van der Waals surface area contributed by atoms with Gasteiger partial charge >= 0.3 is 5.97 Å². The van der Waals surface area contributed by atoms with Crippen molar-refractivity contribution in [2.24, 2.45) is 4.99 Å². The summed E-state index contributed by atoms with van der Waals surface area (Å²) >= 11 is 1.23. The molecule has 2 aromatic carbocycles. The molecule has 1 aliphatic heterocycles. The lowest BCUT2D eigenvalue weighted by atomic mass is 10.2. The number of aliphatic imine (C=N–C) groups is 1. The van der Waals surface area contributed by atoms with E-state index in [2.05, 4.69) is 10.3 Å². The fourth-order valence-corrected chi connectivity index (χ4v) is 3.80. The zero-order chi connectivity index (χ0) is 21.0. The minimum absolute atomic E-state index is 0.0177. The third-order valence-electron chi connectivity index (χ3n) is 4.22. The summed E-state index contributed by atoms with van der Waals surface area (Å²) in [4.78, 5) is 41.6. The number of amides is 2. The van der Waals surface area contributed by atoms with Crippen molar-refractivity contribution in [1.82, 2.24) is 4.90 Å². The molecule has 2 N–H and O–H groups in total. The number of carboxylic acids is 1. The largest absolute Gasteiger partial charge is 0.497 e. The highest BCUT2D eigenvalue weighted by molar-refractivity contribution is 8.15. The second-order valence-electron chi connectivity index (χ2n) is 6.23. The molecular weight excluding hydrogens is 394 g/mol. The molecule has 1 atom stereocenters. The van der Waals surface area contributed by atoms with Crippen molar-refractivity contribution in [3.8, 4) is 5.75 Å². The van der Waals surface area contributed by atoms with Crippen molar-refractivity contribution in [2.75, 3.05) is 19.5 Å². The Labute approximate surface area is 171 Å². The summed E-state index contributed by atoms with van der Waals surface area (Å²) in [5.41, 5.74) is 1.28. The molecule has 0 radical (unpaired) electrons.